The molecule has 33 heavy (non-hydrogen) atoms. The van der Waals surface area contributed by atoms with Crippen molar-refractivity contribution in [2.24, 2.45) is 0 Å². The summed E-state index contributed by atoms with van der Waals surface area (Å²) < 4.78 is 25.4. The maximum atomic E-state index is 6.00. The maximum Gasteiger partial charge on any atom is 0.275 e. The van der Waals surface area contributed by atoms with E-state index in [-0.39, 0.29) is 18.5 Å². The van der Waals surface area contributed by atoms with E-state index in [1.807, 2.05) is 23.7 Å². The van der Waals surface area contributed by atoms with Crippen LogP contribution in [0.3, 0.4) is 0 Å². The minimum absolute atomic E-state index is 0.197. The molecule has 5 aromatic heterocycles. The topological polar surface area (TPSA) is 128 Å². The van der Waals surface area contributed by atoms with Gasteiger partial charge in [-0.2, -0.15) is 9.61 Å². The molecular weight excluding hydrogens is 428 g/mol. The second kappa shape index (κ2) is 7.52. The third-order valence-corrected chi connectivity index (χ3v) is 5.56. The van der Waals surface area contributed by atoms with Crippen molar-refractivity contribution in [1.29, 1.82) is 0 Å². The normalized spacial score (nSPS) is 14.2. The summed E-state index contributed by atoms with van der Waals surface area (Å²) in [6, 6.07) is 7.58. The van der Waals surface area contributed by atoms with Crippen molar-refractivity contribution in [3.8, 4) is 23.1 Å². The molecule has 1 aliphatic rings. The minimum atomic E-state index is 0.197. The van der Waals surface area contributed by atoms with E-state index in [4.69, 9.17) is 23.7 Å². The van der Waals surface area contributed by atoms with Gasteiger partial charge in [0.25, 0.3) is 5.88 Å². The monoisotopic (exact) mass is 448 g/mol. The summed E-state index contributed by atoms with van der Waals surface area (Å²) in [5.41, 5.74) is 4.47. The van der Waals surface area contributed by atoms with Crippen molar-refractivity contribution >= 4 is 16.7 Å². The summed E-state index contributed by atoms with van der Waals surface area (Å²) >= 11 is 0. The standard InChI is InChI=1S/C21H20N8O4/c1-11-6-16(27-33-11)20-24-23-18-7-17(30-3)21(26-29(18)20)32-8-13-4-5-15-19(22-13)12(2)28(25-15)14-9-31-10-14/h4-7,14H,8-10H2,1-3H3. The number of hydrogen-bond acceptors (Lipinski definition) is 10. The molecule has 0 N–H and O–H groups in total. The average molecular weight is 448 g/mol. The van der Waals surface area contributed by atoms with E-state index >= 15 is 0 Å². The number of pyridine rings is 1. The van der Waals surface area contributed by atoms with Crippen LogP contribution in [-0.2, 0) is 11.3 Å². The van der Waals surface area contributed by atoms with Crippen molar-refractivity contribution in [1.82, 2.24) is 39.7 Å². The van der Waals surface area contributed by atoms with Crippen LogP contribution in [0.1, 0.15) is 23.2 Å². The third-order valence-electron chi connectivity index (χ3n) is 5.56. The Morgan fingerprint density at radius 1 is 1.12 bits per heavy atom. The highest BCUT2D eigenvalue weighted by Gasteiger charge is 2.24. The Hall–Kier alpha value is -4.06. The molecule has 0 aliphatic carbocycles. The molecule has 5 aromatic rings. The van der Waals surface area contributed by atoms with Gasteiger partial charge in [-0.3, -0.25) is 4.68 Å². The van der Waals surface area contributed by atoms with Gasteiger partial charge in [0.15, 0.2) is 17.1 Å². The van der Waals surface area contributed by atoms with Crippen LogP contribution in [0.2, 0.25) is 0 Å². The molecule has 0 atom stereocenters. The molecular formula is C21H20N8O4. The molecule has 6 heterocycles. The summed E-state index contributed by atoms with van der Waals surface area (Å²) in [6.45, 7) is 5.38. The zero-order valence-corrected chi connectivity index (χ0v) is 18.2. The zero-order chi connectivity index (χ0) is 22.5. The Kier molecular flexibility index (Phi) is 4.47. The van der Waals surface area contributed by atoms with Crippen molar-refractivity contribution in [3.05, 3.63) is 41.4 Å². The van der Waals surface area contributed by atoms with E-state index in [1.54, 1.807) is 30.7 Å². The number of methoxy groups -OCH3 is 1. The van der Waals surface area contributed by atoms with E-state index in [9.17, 15) is 0 Å². The van der Waals surface area contributed by atoms with Gasteiger partial charge in [0.05, 0.1) is 37.8 Å². The molecule has 12 nitrogen and oxygen atoms in total. The molecule has 0 aromatic carbocycles. The van der Waals surface area contributed by atoms with Crippen LogP contribution in [0.4, 0.5) is 0 Å². The molecule has 0 radical (unpaired) electrons. The zero-order valence-electron chi connectivity index (χ0n) is 18.2. The van der Waals surface area contributed by atoms with Gasteiger partial charge in [-0.05, 0) is 26.0 Å². The number of aromatic nitrogens is 8. The second-order valence-corrected chi connectivity index (χ2v) is 7.81. The Labute approximate surface area is 187 Å². The highest BCUT2D eigenvalue weighted by Crippen LogP contribution is 2.29. The summed E-state index contributed by atoms with van der Waals surface area (Å²) in [7, 11) is 1.55. The molecule has 0 saturated carbocycles. The lowest BCUT2D eigenvalue weighted by Gasteiger charge is -2.27. The van der Waals surface area contributed by atoms with Crippen LogP contribution in [0, 0.1) is 13.8 Å². The molecule has 0 spiro atoms. The maximum absolute atomic E-state index is 6.00. The first-order valence-electron chi connectivity index (χ1n) is 10.4. The highest BCUT2D eigenvalue weighted by molar-refractivity contribution is 5.77. The first-order valence-corrected chi connectivity index (χ1v) is 10.4. The highest BCUT2D eigenvalue weighted by atomic mass is 16.5. The fourth-order valence-electron chi connectivity index (χ4n) is 3.76. The smallest absolute Gasteiger partial charge is 0.275 e. The molecule has 0 bridgehead atoms. The van der Waals surface area contributed by atoms with E-state index in [2.05, 4.69) is 25.6 Å². The van der Waals surface area contributed by atoms with Crippen molar-refractivity contribution in [3.63, 3.8) is 0 Å². The number of ether oxygens (including phenoxy) is 3. The van der Waals surface area contributed by atoms with Gasteiger partial charge < -0.3 is 18.7 Å². The van der Waals surface area contributed by atoms with Crippen LogP contribution in [0.5, 0.6) is 11.6 Å². The molecule has 6 rings (SSSR count). The summed E-state index contributed by atoms with van der Waals surface area (Å²) in [5.74, 6) is 1.83. The van der Waals surface area contributed by atoms with Gasteiger partial charge in [0.2, 0.25) is 5.82 Å². The van der Waals surface area contributed by atoms with Gasteiger partial charge in [-0.25, -0.2) is 4.98 Å². The van der Waals surface area contributed by atoms with E-state index in [1.165, 1.54) is 0 Å². The van der Waals surface area contributed by atoms with E-state index < -0.39 is 0 Å². The lowest BCUT2D eigenvalue weighted by atomic mass is 10.2. The van der Waals surface area contributed by atoms with Gasteiger partial charge in [0, 0.05) is 12.1 Å². The summed E-state index contributed by atoms with van der Waals surface area (Å²) in [4.78, 5) is 4.76. The lowest BCUT2D eigenvalue weighted by Crippen LogP contribution is -2.31. The average Bonchev–Trinajstić information content (AvgIpc) is 3.48. The molecule has 168 valence electrons. The van der Waals surface area contributed by atoms with Crippen LogP contribution < -0.4 is 9.47 Å². The van der Waals surface area contributed by atoms with Crippen molar-refractivity contribution in [2.45, 2.75) is 26.5 Å². The van der Waals surface area contributed by atoms with E-state index in [0.29, 0.717) is 41.9 Å². The predicted octanol–water partition coefficient (Wildman–Crippen LogP) is 2.30. The van der Waals surface area contributed by atoms with Crippen LogP contribution in [-0.4, -0.2) is 60.1 Å². The quantitative estimate of drug-likeness (QED) is 0.382. The molecule has 0 amide bonds. The van der Waals surface area contributed by atoms with Gasteiger partial charge in [-0.15, -0.1) is 15.3 Å². The van der Waals surface area contributed by atoms with Crippen molar-refractivity contribution < 1.29 is 18.7 Å². The van der Waals surface area contributed by atoms with Crippen LogP contribution in [0.15, 0.2) is 28.8 Å². The Balaban J connectivity index is 1.31. The molecule has 1 fully saturated rings. The minimum Gasteiger partial charge on any atom is -0.491 e. The van der Waals surface area contributed by atoms with Gasteiger partial charge >= 0.3 is 0 Å². The molecule has 12 heteroatoms. The molecule has 1 aliphatic heterocycles. The SMILES string of the molecule is COc1cc2nnc(-c3cc(C)on3)n2nc1OCc1ccc2nn(C3COC3)c(C)c2n1. The van der Waals surface area contributed by atoms with Crippen LogP contribution >= 0.6 is 0 Å². The van der Waals surface area contributed by atoms with Crippen molar-refractivity contribution in [2.75, 3.05) is 20.3 Å². The number of aryl methyl sites for hydroxylation is 2. The molecule has 0 unspecified atom stereocenters. The van der Waals surface area contributed by atoms with Gasteiger partial charge in [-0.1, -0.05) is 5.16 Å². The number of hydrogen-bond donors (Lipinski definition) is 0. The first kappa shape index (κ1) is 19.6. The predicted molar refractivity (Wildman–Crippen MR) is 114 cm³/mol. The largest absolute Gasteiger partial charge is 0.491 e. The fraction of sp³-hybridized carbons (Fsp3) is 0.333. The summed E-state index contributed by atoms with van der Waals surface area (Å²) in [6.07, 6.45) is 0. The Bertz CT molecular complexity index is 1480. The first-order chi connectivity index (χ1) is 16.1. The van der Waals surface area contributed by atoms with Crippen LogP contribution in [0.25, 0.3) is 28.2 Å². The second-order valence-electron chi connectivity index (χ2n) is 7.81. The number of nitrogens with zero attached hydrogens (tertiary/aromatic N) is 8. The van der Waals surface area contributed by atoms with E-state index in [0.717, 1.165) is 22.4 Å². The lowest BCUT2D eigenvalue weighted by molar-refractivity contribution is -0.0292. The number of rotatable bonds is 6. The van der Waals surface area contributed by atoms with Gasteiger partial charge in [0.1, 0.15) is 23.4 Å². The fourth-order valence-corrected chi connectivity index (χ4v) is 3.76. The number of fused-ring (bicyclic) bond motifs is 2. The Morgan fingerprint density at radius 2 is 2.00 bits per heavy atom. The molecule has 1 saturated heterocycles. The third kappa shape index (κ3) is 3.26. The summed E-state index contributed by atoms with van der Waals surface area (Å²) in [5, 5.41) is 21.5. The Morgan fingerprint density at radius 3 is 2.73 bits per heavy atom.